The number of carbonyl (C=O) groups excluding carboxylic acids is 1. The molecule has 0 aliphatic rings. The first-order valence-electron chi connectivity index (χ1n) is 11.7. The lowest BCUT2D eigenvalue weighted by molar-refractivity contribution is -0.136. The summed E-state index contributed by atoms with van der Waals surface area (Å²) >= 11 is 0. The summed E-state index contributed by atoms with van der Waals surface area (Å²) in [5.74, 6) is 3.95. The van der Waals surface area contributed by atoms with Crippen LogP contribution in [-0.2, 0) is 29.2 Å². The largest absolute Gasteiger partial charge is 0.456 e. The molecule has 0 amide bonds. The molecule has 9 heteroatoms. The lowest BCUT2D eigenvalue weighted by atomic mass is 10.1. The third-order valence-corrected chi connectivity index (χ3v) is 12.8. The van der Waals surface area contributed by atoms with Crippen molar-refractivity contribution in [1.29, 1.82) is 0 Å². The van der Waals surface area contributed by atoms with Crippen molar-refractivity contribution in [3.63, 3.8) is 0 Å². The van der Waals surface area contributed by atoms with Crippen molar-refractivity contribution in [2.45, 2.75) is 66.2 Å². The second-order valence-electron chi connectivity index (χ2n) is 9.73. The van der Waals surface area contributed by atoms with Crippen molar-refractivity contribution in [2.75, 3.05) is 6.61 Å². The van der Waals surface area contributed by atoms with Crippen LogP contribution in [0.4, 0.5) is 0 Å². The van der Waals surface area contributed by atoms with Gasteiger partial charge in [-0.05, 0) is 44.2 Å². The zero-order chi connectivity index (χ0) is 27.0. The Morgan fingerprint density at radius 2 is 1.39 bits per heavy atom. The Kier molecular flexibility index (Phi) is 9.89. The number of hydrogen-bond acceptors (Lipinski definition) is 6. The van der Waals surface area contributed by atoms with Gasteiger partial charge >= 0.3 is 5.97 Å². The summed E-state index contributed by atoms with van der Waals surface area (Å²) in [5, 5.41) is 0. The number of carbonyl (C=O) groups is 1. The highest BCUT2D eigenvalue weighted by Gasteiger charge is 2.55. The van der Waals surface area contributed by atoms with Gasteiger partial charge in [0.15, 0.2) is 23.8 Å². The van der Waals surface area contributed by atoms with Gasteiger partial charge < -0.3 is 4.74 Å². The molecule has 0 unspecified atom stereocenters. The van der Waals surface area contributed by atoms with Gasteiger partial charge in [0, 0.05) is 26.8 Å². The molecule has 6 nitrogen and oxygen atoms in total. The maximum Gasteiger partial charge on any atom is 0.384 e. The SMILES string of the molecule is CCOC(=O)C#CCC(C/C=C(/C)C[Si](C)(C)C)(S(=O)(=O)c1ccccc1)S(=O)(=O)c1ccccc1. The van der Waals surface area contributed by atoms with E-state index in [9.17, 15) is 21.6 Å². The third-order valence-electron chi connectivity index (χ3n) is 5.48. The Labute approximate surface area is 216 Å². The first kappa shape index (κ1) is 29.6. The molecule has 2 aromatic rings. The van der Waals surface area contributed by atoms with Gasteiger partial charge in [0.05, 0.1) is 16.4 Å². The Balaban J connectivity index is 2.85. The van der Waals surface area contributed by atoms with Gasteiger partial charge in [-0.1, -0.05) is 73.6 Å². The molecule has 0 aromatic heterocycles. The van der Waals surface area contributed by atoms with Crippen LogP contribution in [0, 0.1) is 11.8 Å². The van der Waals surface area contributed by atoms with Gasteiger partial charge in [-0.2, -0.15) is 0 Å². The van der Waals surface area contributed by atoms with Gasteiger partial charge in [-0.3, -0.25) is 0 Å². The monoisotopic (exact) mass is 546 g/mol. The van der Waals surface area contributed by atoms with Crippen LogP contribution in [0.3, 0.4) is 0 Å². The number of ether oxygens (including phenoxy) is 1. The molecule has 0 bridgehead atoms. The van der Waals surface area contributed by atoms with Crippen LogP contribution >= 0.6 is 0 Å². The van der Waals surface area contributed by atoms with E-state index in [2.05, 4.69) is 31.5 Å². The molecule has 0 atom stereocenters. The summed E-state index contributed by atoms with van der Waals surface area (Å²) in [6, 6.07) is 15.8. The van der Waals surface area contributed by atoms with Crippen LogP contribution in [0.25, 0.3) is 0 Å². The van der Waals surface area contributed by atoms with Gasteiger partial charge in [-0.25, -0.2) is 21.6 Å². The summed E-state index contributed by atoms with van der Waals surface area (Å²) in [7, 11) is -10.5. The molecule has 194 valence electrons. The van der Waals surface area contributed by atoms with Crippen molar-refractivity contribution in [2.24, 2.45) is 0 Å². The van der Waals surface area contributed by atoms with Crippen molar-refractivity contribution < 1.29 is 26.4 Å². The molecule has 0 aliphatic carbocycles. The van der Waals surface area contributed by atoms with Gasteiger partial charge in [0.1, 0.15) is 0 Å². The molecule has 0 aliphatic heterocycles. The Morgan fingerprint density at radius 1 is 0.917 bits per heavy atom. The van der Waals surface area contributed by atoms with Crippen molar-refractivity contribution in [3.8, 4) is 11.8 Å². The summed E-state index contributed by atoms with van der Waals surface area (Å²) in [6.45, 7) is 10.2. The lowest BCUT2D eigenvalue weighted by Gasteiger charge is -2.31. The summed E-state index contributed by atoms with van der Waals surface area (Å²) < 4.78 is 59.2. The molecule has 0 fully saturated rings. The Hall–Kier alpha value is -2.67. The fourth-order valence-corrected chi connectivity index (χ4v) is 10.5. The van der Waals surface area contributed by atoms with E-state index in [1.807, 2.05) is 6.92 Å². The number of rotatable bonds is 10. The van der Waals surface area contributed by atoms with Crippen LogP contribution in [0.15, 0.2) is 82.1 Å². The molecular formula is C27H34O6S2Si. The van der Waals surface area contributed by atoms with Gasteiger partial charge in [-0.15, -0.1) is 0 Å². The second kappa shape index (κ2) is 12.0. The quantitative estimate of drug-likeness (QED) is 0.133. The summed E-state index contributed by atoms with van der Waals surface area (Å²) in [5.41, 5.74) is 0.920. The maximum absolute atomic E-state index is 14.2. The van der Waals surface area contributed by atoms with Crippen LogP contribution in [-0.4, -0.2) is 41.6 Å². The summed E-state index contributed by atoms with van der Waals surface area (Å²) in [6.07, 6.45) is 0.789. The number of sulfone groups is 2. The van der Waals surface area contributed by atoms with E-state index in [0.29, 0.717) is 0 Å². The molecule has 0 heterocycles. The third kappa shape index (κ3) is 6.96. The van der Waals surface area contributed by atoms with E-state index in [0.717, 1.165) is 11.6 Å². The Morgan fingerprint density at radius 3 is 1.81 bits per heavy atom. The molecular weight excluding hydrogens is 513 g/mol. The first-order valence-corrected chi connectivity index (χ1v) is 18.3. The zero-order valence-electron chi connectivity index (χ0n) is 21.4. The molecule has 36 heavy (non-hydrogen) atoms. The van der Waals surface area contributed by atoms with E-state index in [1.54, 1.807) is 49.4 Å². The normalized spacial score (nSPS) is 13.0. The molecule has 2 rings (SSSR count). The van der Waals surface area contributed by atoms with Gasteiger partial charge in [0.25, 0.3) is 0 Å². The minimum absolute atomic E-state index is 0.0991. The molecule has 0 saturated heterocycles. The molecule has 0 radical (unpaired) electrons. The molecule has 0 spiro atoms. The average molecular weight is 547 g/mol. The van der Waals surface area contributed by atoms with E-state index in [-0.39, 0.29) is 22.8 Å². The van der Waals surface area contributed by atoms with E-state index in [4.69, 9.17) is 4.74 Å². The number of esters is 1. The predicted molar refractivity (Wildman–Crippen MR) is 146 cm³/mol. The van der Waals surface area contributed by atoms with Crippen molar-refractivity contribution >= 4 is 33.7 Å². The second-order valence-corrected chi connectivity index (χ2v) is 20.0. The minimum atomic E-state index is -4.49. The maximum atomic E-state index is 14.2. The van der Waals surface area contributed by atoms with E-state index < -0.39 is 44.2 Å². The van der Waals surface area contributed by atoms with Crippen LogP contribution < -0.4 is 0 Å². The average Bonchev–Trinajstić information content (AvgIpc) is 2.81. The summed E-state index contributed by atoms with van der Waals surface area (Å²) in [4.78, 5) is 11.6. The van der Waals surface area contributed by atoms with Crippen LogP contribution in [0.2, 0.25) is 25.7 Å². The number of benzene rings is 2. The minimum Gasteiger partial charge on any atom is -0.456 e. The highest BCUT2D eigenvalue weighted by Crippen LogP contribution is 2.42. The topological polar surface area (TPSA) is 94.6 Å². The van der Waals surface area contributed by atoms with Crippen molar-refractivity contribution in [1.82, 2.24) is 0 Å². The first-order chi connectivity index (χ1) is 16.8. The zero-order valence-corrected chi connectivity index (χ0v) is 24.1. The fraction of sp³-hybridized carbons (Fsp3) is 0.370. The number of hydrogen-bond donors (Lipinski definition) is 0. The van der Waals surface area contributed by atoms with E-state index in [1.165, 1.54) is 24.3 Å². The van der Waals surface area contributed by atoms with Crippen LogP contribution in [0.5, 0.6) is 0 Å². The fourth-order valence-electron chi connectivity index (χ4n) is 3.91. The molecule has 0 N–H and O–H groups in total. The predicted octanol–water partition coefficient (Wildman–Crippen LogP) is 5.26. The molecule has 0 saturated carbocycles. The standard InChI is InChI=1S/C27H34O6S2Si/c1-6-33-26(28)18-13-20-27(21-19-23(2)22-36(3,4)5,34(29,30)24-14-9-7-10-15-24)35(31,32)25-16-11-8-12-17-25/h7-12,14-17,19H,6,20-22H2,1-5H3/b23-19-. The lowest BCUT2D eigenvalue weighted by Crippen LogP contribution is -2.46. The van der Waals surface area contributed by atoms with E-state index >= 15 is 0 Å². The van der Waals surface area contributed by atoms with Crippen molar-refractivity contribution in [3.05, 3.63) is 72.3 Å². The Bertz CT molecular complexity index is 1280. The van der Waals surface area contributed by atoms with Gasteiger partial charge in [0.2, 0.25) is 0 Å². The smallest absolute Gasteiger partial charge is 0.384 e. The number of allylic oxidation sites excluding steroid dienone is 2. The highest BCUT2D eigenvalue weighted by molar-refractivity contribution is 8.10. The molecule has 2 aromatic carbocycles. The highest BCUT2D eigenvalue weighted by atomic mass is 32.3. The van der Waals surface area contributed by atoms with Crippen LogP contribution in [0.1, 0.15) is 26.7 Å².